The van der Waals surface area contributed by atoms with Gasteiger partial charge in [-0.25, -0.2) is 0 Å². The van der Waals surface area contributed by atoms with Gasteiger partial charge in [0.05, 0.1) is 5.66 Å². The van der Waals surface area contributed by atoms with Crippen molar-refractivity contribution in [3.05, 3.63) is 5.21 Å². The minimum atomic E-state index is -0.714. The Morgan fingerprint density at radius 3 is 2.00 bits per heavy atom. The summed E-state index contributed by atoms with van der Waals surface area (Å²) in [5.74, 6) is 0. The van der Waals surface area contributed by atoms with Gasteiger partial charge in [-0.2, -0.15) is 0 Å². The Labute approximate surface area is 50.0 Å². The predicted octanol–water partition coefficient (Wildman–Crippen LogP) is 0.501. The minimum absolute atomic E-state index is 0.448. The van der Waals surface area contributed by atoms with Crippen LogP contribution >= 0.6 is 0 Å². The number of hydrogen-bond donors (Lipinski definition) is 1. The highest BCUT2D eigenvalue weighted by Crippen LogP contribution is 2.01. The maximum atomic E-state index is 10.6. The Balaban J connectivity index is 3.62. The van der Waals surface area contributed by atoms with Gasteiger partial charge in [-0.15, -0.1) is 0 Å². The monoisotopic (exact) mass is 117 g/mol. The van der Waals surface area contributed by atoms with Crippen LogP contribution in [-0.2, 0) is 0 Å². The third kappa shape index (κ3) is 2.26. The number of hydrogen-bond acceptors (Lipinski definition) is 3. The number of hydroxylamine groups is 2. The number of nitrogens with two attached hydrogens (primary N) is 1. The minimum Gasteiger partial charge on any atom is -0.784 e. The van der Waals surface area contributed by atoms with E-state index in [0.717, 1.165) is 5.06 Å². The Morgan fingerprint density at radius 1 is 1.62 bits per heavy atom. The molecule has 0 atom stereocenters. The molecule has 0 unspecified atom stereocenters. The second-order valence-electron chi connectivity index (χ2n) is 2.35. The van der Waals surface area contributed by atoms with E-state index in [9.17, 15) is 5.21 Å². The summed E-state index contributed by atoms with van der Waals surface area (Å²) in [4.78, 5) is 0. The molecule has 0 bridgehead atoms. The van der Waals surface area contributed by atoms with E-state index in [0.29, 0.717) is 6.54 Å². The normalized spacial score (nSPS) is 12.8. The fourth-order valence-corrected chi connectivity index (χ4v) is 0.408. The molecule has 8 heavy (non-hydrogen) atoms. The summed E-state index contributed by atoms with van der Waals surface area (Å²) in [7, 11) is 0. The van der Waals surface area contributed by atoms with E-state index >= 15 is 0 Å². The smallest absolute Gasteiger partial charge is 0.0514 e. The van der Waals surface area contributed by atoms with Crippen LogP contribution in [0.25, 0.3) is 0 Å². The highest BCUT2D eigenvalue weighted by Gasteiger charge is 2.09. The molecule has 0 aromatic heterocycles. The molecule has 0 aromatic rings. The molecule has 0 aromatic carbocycles. The fraction of sp³-hybridized carbons (Fsp3) is 1.00. The van der Waals surface area contributed by atoms with Crippen molar-refractivity contribution in [2.45, 2.75) is 26.4 Å². The van der Waals surface area contributed by atoms with Crippen LogP contribution in [0, 0.1) is 5.21 Å². The summed E-state index contributed by atoms with van der Waals surface area (Å²) in [5.41, 5.74) is 4.69. The third-order valence-corrected chi connectivity index (χ3v) is 0.930. The van der Waals surface area contributed by atoms with Crippen molar-refractivity contribution >= 4 is 0 Å². The van der Waals surface area contributed by atoms with Crippen LogP contribution in [0.2, 0.25) is 0 Å². The summed E-state index contributed by atoms with van der Waals surface area (Å²) in [6.45, 7) is 5.60. The molecular formula is C5H13N2O-. The Morgan fingerprint density at radius 2 is 2.00 bits per heavy atom. The van der Waals surface area contributed by atoms with Crippen molar-refractivity contribution in [3.8, 4) is 0 Å². The molecule has 0 aliphatic carbocycles. The molecule has 0 spiro atoms. The molecule has 0 heterocycles. The van der Waals surface area contributed by atoms with Crippen LogP contribution in [0.1, 0.15) is 20.8 Å². The molecule has 50 valence electrons. The maximum Gasteiger partial charge on any atom is 0.0514 e. The van der Waals surface area contributed by atoms with Crippen LogP contribution in [0.15, 0.2) is 0 Å². The molecule has 0 saturated carbocycles. The van der Waals surface area contributed by atoms with Crippen LogP contribution in [-0.4, -0.2) is 17.3 Å². The second-order valence-corrected chi connectivity index (χ2v) is 2.35. The molecule has 0 aliphatic heterocycles. The average molecular weight is 117 g/mol. The van der Waals surface area contributed by atoms with Crippen molar-refractivity contribution in [3.63, 3.8) is 0 Å². The van der Waals surface area contributed by atoms with Gasteiger partial charge in [0.25, 0.3) is 0 Å². The van der Waals surface area contributed by atoms with Gasteiger partial charge in [0, 0.05) is 0 Å². The summed E-state index contributed by atoms with van der Waals surface area (Å²) >= 11 is 0. The first kappa shape index (κ1) is 7.88. The number of rotatable bonds is 2. The SMILES string of the molecule is CCN([O-])C(C)(C)N. The van der Waals surface area contributed by atoms with Gasteiger partial charge < -0.3 is 16.0 Å². The molecule has 0 aliphatic rings. The van der Waals surface area contributed by atoms with Crippen molar-refractivity contribution < 1.29 is 0 Å². The Bertz CT molecular complexity index is 67.3. The van der Waals surface area contributed by atoms with Crippen molar-refractivity contribution in [2.24, 2.45) is 5.73 Å². The fourth-order valence-electron chi connectivity index (χ4n) is 0.408. The predicted molar refractivity (Wildman–Crippen MR) is 34.0 cm³/mol. The Kier molecular flexibility index (Phi) is 2.40. The van der Waals surface area contributed by atoms with Crippen LogP contribution < -0.4 is 5.73 Å². The molecule has 0 saturated heterocycles. The van der Waals surface area contributed by atoms with E-state index in [1.807, 2.05) is 0 Å². The first-order valence-corrected chi connectivity index (χ1v) is 2.72. The largest absolute Gasteiger partial charge is 0.784 e. The first-order valence-electron chi connectivity index (χ1n) is 2.72. The topological polar surface area (TPSA) is 52.3 Å². The summed E-state index contributed by atoms with van der Waals surface area (Å²) in [6.07, 6.45) is 0. The van der Waals surface area contributed by atoms with Gasteiger partial charge >= 0.3 is 0 Å². The molecule has 2 N–H and O–H groups in total. The van der Waals surface area contributed by atoms with Gasteiger partial charge in [-0.3, -0.25) is 0 Å². The van der Waals surface area contributed by atoms with Crippen LogP contribution in [0.3, 0.4) is 0 Å². The zero-order valence-corrected chi connectivity index (χ0v) is 5.64. The van der Waals surface area contributed by atoms with Gasteiger partial charge in [-0.05, 0) is 20.4 Å². The van der Waals surface area contributed by atoms with Gasteiger partial charge in [0.1, 0.15) is 0 Å². The van der Waals surface area contributed by atoms with E-state index in [1.54, 1.807) is 20.8 Å². The van der Waals surface area contributed by atoms with Gasteiger partial charge in [-0.1, -0.05) is 6.92 Å². The zero-order chi connectivity index (χ0) is 6.78. The number of nitrogens with zero attached hydrogens (tertiary/aromatic N) is 1. The lowest BCUT2D eigenvalue weighted by atomic mass is 10.2. The molecule has 0 fully saturated rings. The lowest BCUT2D eigenvalue weighted by molar-refractivity contribution is 0.202. The van der Waals surface area contributed by atoms with Gasteiger partial charge in [0.15, 0.2) is 0 Å². The standard InChI is InChI=1S/C5H13N2O/c1-4-7(8)5(2,3)6/h4,6H2,1-3H3/q-1. The van der Waals surface area contributed by atoms with Crippen LogP contribution in [0.4, 0.5) is 0 Å². The molecule has 0 radical (unpaired) electrons. The molecule has 3 nitrogen and oxygen atoms in total. The zero-order valence-electron chi connectivity index (χ0n) is 5.64. The first-order chi connectivity index (χ1) is 3.48. The summed E-state index contributed by atoms with van der Waals surface area (Å²) in [6, 6.07) is 0. The summed E-state index contributed by atoms with van der Waals surface area (Å²) < 4.78 is 0. The van der Waals surface area contributed by atoms with Crippen molar-refractivity contribution in [1.82, 2.24) is 5.06 Å². The van der Waals surface area contributed by atoms with Crippen LogP contribution in [0.5, 0.6) is 0 Å². The lowest BCUT2D eigenvalue weighted by Crippen LogP contribution is -2.47. The maximum absolute atomic E-state index is 10.6. The van der Waals surface area contributed by atoms with Gasteiger partial charge in [0.2, 0.25) is 0 Å². The van der Waals surface area contributed by atoms with Crippen molar-refractivity contribution in [1.29, 1.82) is 0 Å². The van der Waals surface area contributed by atoms with E-state index in [1.165, 1.54) is 0 Å². The van der Waals surface area contributed by atoms with E-state index in [4.69, 9.17) is 5.73 Å². The highest BCUT2D eigenvalue weighted by atomic mass is 16.5. The average Bonchev–Trinajstić information content (AvgIpc) is 1.62. The molecular weight excluding hydrogens is 104 g/mol. The van der Waals surface area contributed by atoms with Crippen molar-refractivity contribution in [2.75, 3.05) is 6.54 Å². The second kappa shape index (κ2) is 2.44. The van der Waals surface area contributed by atoms with E-state index in [-0.39, 0.29) is 0 Å². The molecule has 3 heteroatoms. The summed E-state index contributed by atoms with van der Waals surface area (Å²) in [5, 5.41) is 11.5. The highest BCUT2D eigenvalue weighted by molar-refractivity contribution is 4.72. The lowest BCUT2D eigenvalue weighted by Gasteiger charge is -2.39. The molecule has 0 rings (SSSR count). The third-order valence-electron chi connectivity index (χ3n) is 0.930. The Hall–Kier alpha value is -0.120. The quantitative estimate of drug-likeness (QED) is 0.423. The van der Waals surface area contributed by atoms with E-state index < -0.39 is 5.66 Å². The molecule has 0 amide bonds. The van der Waals surface area contributed by atoms with E-state index in [2.05, 4.69) is 0 Å².